The molecule has 0 aliphatic carbocycles. The van der Waals surface area contributed by atoms with Gasteiger partial charge in [-0.25, -0.2) is 0 Å². The average molecular weight is 206 g/mol. The molecular formula is C12H18N2O. The lowest BCUT2D eigenvalue weighted by atomic mass is 9.95. The molecule has 82 valence electrons. The Kier molecular flexibility index (Phi) is 2.82. The summed E-state index contributed by atoms with van der Waals surface area (Å²) in [5.74, 6) is 1.45. The second-order valence-corrected chi connectivity index (χ2v) is 4.24. The SMILES string of the molecule is COc1ccc2c(c1)NCC2CC(C)N. The van der Waals surface area contributed by atoms with E-state index in [-0.39, 0.29) is 6.04 Å². The molecule has 1 aliphatic heterocycles. The minimum absolute atomic E-state index is 0.254. The first-order chi connectivity index (χ1) is 7.20. The molecular weight excluding hydrogens is 188 g/mol. The average Bonchev–Trinajstić information content (AvgIpc) is 2.60. The molecule has 0 fully saturated rings. The Balaban J connectivity index is 2.20. The summed E-state index contributed by atoms with van der Waals surface area (Å²) in [6.45, 7) is 3.05. The van der Waals surface area contributed by atoms with Crippen LogP contribution in [0.25, 0.3) is 0 Å². The van der Waals surface area contributed by atoms with E-state index < -0.39 is 0 Å². The van der Waals surface area contributed by atoms with Gasteiger partial charge in [0.05, 0.1) is 7.11 Å². The van der Waals surface area contributed by atoms with Crippen molar-refractivity contribution in [3.63, 3.8) is 0 Å². The Bertz CT molecular complexity index is 349. The van der Waals surface area contributed by atoms with E-state index in [2.05, 4.69) is 24.4 Å². The fourth-order valence-electron chi connectivity index (χ4n) is 2.17. The van der Waals surface area contributed by atoms with Crippen LogP contribution in [0.3, 0.4) is 0 Å². The minimum atomic E-state index is 0.254. The molecule has 3 heteroatoms. The quantitative estimate of drug-likeness (QED) is 0.794. The fourth-order valence-corrected chi connectivity index (χ4v) is 2.17. The molecule has 3 nitrogen and oxygen atoms in total. The Hall–Kier alpha value is -1.22. The van der Waals surface area contributed by atoms with Crippen LogP contribution in [0, 0.1) is 0 Å². The van der Waals surface area contributed by atoms with Crippen LogP contribution < -0.4 is 15.8 Å². The maximum Gasteiger partial charge on any atom is 0.120 e. The highest BCUT2D eigenvalue weighted by Crippen LogP contribution is 2.36. The maximum atomic E-state index is 5.83. The predicted octanol–water partition coefficient (Wildman–Crippen LogP) is 1.94. The second-order valence-electron chi connectivity index (χ2n) is 4.24. The minimum Gasteiger partial charge on any atom is -0.497 e. The number of rotatable bonds is 3. The topological polar surface area (TPSA) is 47.3 Å². The predicted molar refractivity (Wildman–Crippen MR) is 62.5 cm³/mol. The van der Waals surface area contributed by atoms with Crippen molar-refractivity contribution in [3.05, 3.63) is 23.8 Å². The van der Waals surface area contributed by atoms with Crippen LogP contribution in [-0.2, 0) is 0 Å². The van der Waals surface area contributed by atoms with Crippen molar-refractivity contribution < 1.29 is 4.74 Å². The number of hydrogen-bond acceptors (Lipinski definition) is 3. The van der Waals surface area contributed by atoms with Crippen molar-refractivity contribution in [2.75, 3.05) is 19.0 Å². The summed E-state index contributed by atoms with van der Waals surface area (Å²) in [6.07, 6.45) is 1.03. The van der Waals surface area contributed by atoms with Crippen molar-refractivity contribution in [3.8, 4) is 5.75 Å². The highest BCUT2D eigenvalue weighted by atomic mass is 16.5. The third-order valence-electron chi connectivity index (χ3n) is 2.90. The largest absolute Gasteiger partial charge is 0.497 e. The smallest absolute Gasteiger partial charge is 0.120 e. The Labute approximate surface area is 90.6 Å². The zero-order valence-electron chi connectivity index (χ0n) is 9.29. The summed E-state index contributed by atoms with van der Waals surface area (Å²) < 4.78 is 5.19. The van der Waals surface area contributed by atoms with Crippen LogP contribution >= 0.6 is 0 Å². The van der Waals surface area contributed by atoms with E-state index >= 15 is 0 Å². The Morgan fingerprint density at radius 1 is 1.60 bits per heavy atom. The van der Waals surface area contributed by atoms with Crippen molar-refractivity contribution in [2.24, 2.45) is 5.73 Å². The Morgan fingerprint density at radius 3 is 3.07 bits per heavy atom. The van der Waals surface area contributed by atoms with Gasteiger partial charge in [-0.15, -0.1) is 0 Å². The summed E-state index contributed by atoms with van der Waals surface area (Å²) in [5.41, 5.74) is 8.40. The molecule has 15 heavy (non-hydrogen) atoms. The molecule has 0 saturated carbocycles. The van der Waals surface area contributed by atoms with Gasteiger partial charge >= 0.3 is 0 Å². The van der Waals surface area contributed by atoms with Gasteiger partial charge in [0.25, 0.3) is 0 Å². The number of ether oxygens (including phenoxy) is 1. The lowest BCUT2D eigenvalue weighted by Crippen LogP contribution is -2.19. The van der Waals surface area contributed by atoms with Gasteiger partial charge in [-0.3, -0.25) is 0 Å². The van der Waals surface area contributed by atoms with Crippen molar-refractivity contribution in [2.45, 2.75) is 25.3 Å². The standard InChI is InChI=1S/C12H18N2O/c1-8(13)5-9-7-14-12-6-10(15-2)3-4-11(9)12/h3-4,6,8-9,14H,5,7,13H2,1-2H3. The van der Waals surface area contributed by atoms with E-state index in [0.717, 1.165) is 18.7 Å². The van der Waals surface area contributed by atoms with E-state index in [4.69, 9.17) is 10.5 Å². The molecule has 2 rings (SSSR count). The van der Waals surface area contributed by atoms with E-state index in [1.807, 2.05) is 6.07 Å². The molecule has 0 bridgehead atoms. The lowest BCUT2D eigenvalue weighted by molar-refractivity contribution is 0.415. The zero-order valence-corrected chi connectivity index (χ0v) is 9.29. The van der Waals surface area contributed by atoms with E-state index in [0.29, 0.717) is 5.92 Å². The highest BCUT2D eigenvalue weighted by molar-refractivity contribution is 5.60. The molecule has 1 aliphatic rings. The first-order valence-corrected chi connectivity index (χ1v) is 5.38. The normalized spacial score (nSPS) is 20.6. The van der Waals surface area contributed by atoms with Gasteiger partial charge in [-0.1, -0.05) is 6.07 Å². The van der Waals surface area contributed by atoms with E-state index in [9.17, 15) is 0 Å². The summed E-state index contributed by atoms with van der Waals surface area (Å²) in [5, 5.41) is 3.39. The van der Waals surface area contributed by atoms with Gasteiger partial charge in [0, 0.05) is 30.3 Å². The van der Waals surface area contributed by atoms with Crippen molar-refractivity contribution in [1.82, 2.24) is 0 Å². The molecule has 3 N–H and O–H groups in total. The van der Waals surface area contributed by atoms with Crippen molar-refractivity contribution >= 4 is 5.69 Å². The number of nitrogens with one attached hydrogen (secondary N) is 1. The molecule has 0 aromatic heterocycles. The van der Waals surface area contributed by atoms with Gasteiger partial charge in [0.1, 0.15) is 5.75 Å². The third kappa shape index (κ3) is 2.07. The number of hydrogen-bond donors (Lipinski definition) is 2. The van der Waals surface area contributed by atoms with Crippen LogP contribution in [0.1, 0.15) is 24.8 Å². The zero-order chi connectivity index (χ0) is 10.8. The molecule has 0 radical (unpaired) electrons. The molecule has 2 unspecified atom stereocenters. The number of methoxy groups -OCH3 is 1. The van der Waals surface area contributed by atoms with Crippen molar-refractivity contribution in [1.29, 1.82) is 0 Å². The van der Waals surface area contributed by atoms with Gasteiger partial charge in [0.15, 0.2) is 0 Å². The monoisotopic (exact) mass is 206 g/mol. The first-order valence-electron chi connectivity index (χ1n) is 5.38. The molecule has 2 atom stereocenters. The van der Waals surface area contributed by atoms with E-state index in [1.165, 1.54) is 11.3 Å². The summed E-state index contributed by atoms with van der Waals surface area (Å²) >= 11 is 0. The van der Waals surface area contributed by atoms with Crippen LogP contribution in [-0.4, -0.2) is 19.7 Å². The fraction of sp³-hybridized carbons (Fsp3) is 0.500. The third-order valence-corrected chi connectivity index (χ3v) is 2.90. The first kappa shape index (κ1) is 10.3. The van der Waals surface area contributed by atoms with Gasteiger partial charge in [-0.2, -0.15) is 0 Å². The molecule has 1 heterocycles. The molecule has 0 saturated heterocycles. The number of fused-ring (bicyclic) bond motifs is 1. The number of benzene rings is 1. The maximum absolute atomic E-state index is 5.83. The molecule has 1 aromatic rings. The van der Waals surface area contributed by atoms with Gasteiger partial charge < -0.3 is 15.8 Å². The molecule has 0 spiro atoms. The molecule has 1 aromatic carbocycles. The molecule has 0 amide bonds. The number of nitrogens with two attached hydrogens (primary N) is 1. The van der Waals surface area contributed by atoms with Crippen LogP contribution in [0.5, 0.6) is 5.75 Å². The van der Waals surface area contributed by atoms with Crippen LogP contribution in [0.2, 0.25) is 0 Å². The summed E-state index contributed by atoms with van der Waals surface area (Å²) in [7, 11) is 1.69. The van der Waals surface area contributed by atoms with Gasteiger partial charge in [0.2, 0.25) is 0 Å². The second kappa shape index (κ2) is 4.11. The van der Waals surface area contributed by atoms with E-state index in [1.54, 1.807) is 7.11 Å². The number of anilines is 1. The highest BCUT2D eigenvalue weighted by Gasteiger charge is 2.23. The Morgan fingerprint density at radius 2 is 2.40 bits per heavy atom. The van der Waals surface area contributed by atoms with Gasteiger partial charge in [-0.05, 0) is 25.0 Å². The van der Waals surface area contributed by atoms with Crippen LogP contribution in [0.15, 0.2) is 18.2 Å². The summed E-state index contributed by atoms with van der Waals surface area (Å²) in [4.78, 5) is 0. The lowest BCUT2D eigenvalue weighted by Gasteiger charge is -2.12. The van der Waals surface area contributed by atoms with Crippen LogP contribution in [0.4, 0.5) is 5.69 Å². The summed E-state index contributed by atoms with van der Waals surface area (Å²) in [6, 6.07) is 6.46.